The number of benzene rings is 1. The third-order valence-corrected chi connectivity index (χ3v) is 3.91. The van der Waals surface area contributed by atoms with Crippen LogP contribution in [-0.2, 0) is 11.3 Å². The Morgan fingerprint density at radius 2 is 1.96 bits per heavy atom. The third-order valence-electron chi connectivity index (χ3n) is 3.91. The Hall–Kier alpha value is -2.96. The number of fused-ring (bicyclic) bond motifs is 1. The summed E-state index contributed by atoms with van der Waals surface area (Å²) in [5.74, 6) is 0.0335. The number of nitro groups is 1. The number of aryl methyl sites for hydroxylation is 1. The average molecular weight is 327 g/mol. The van der Waals surface area contributed by atoms with Crippen LogP contribution in [0.25, 0.3) is 0 Å². The number of pyridine rings is 1. The molecular formula is C17H17N3O4. The van der Waals surface area contributed by atoms with E-state index in [1.54, 1.807) is 0 Å². The number of ether oxygens (including phenoxy) is 1. The first kappa shape index (κ1) is 15.9. The second-order valence-electron chi connectivity index (χ2n) is 5.67. The maximum absolute atomic E-state index is 12.7. The quantitative estimate of drug-likeness (QED) is 0.636. The molecule has 1 atom stereocenters. The van der Waals surface area contributed by atoms with E-state index in [0.717, 1.165) is 11.1 Å². The monoisotopic (exact) mass is 327 g/mol. The average Bonchev–Trinajstić information content (AvgIpc) is 2.58. The molecule has 1 unspecified atom stereocenters. The van der Waals surface area contributed by atoms with Gasteiger partial charge < -0.3 is 14.9 Å². The summed E-state index contributed by atoms with van der Waals surface area (Å²) in [7, 11) is 0. The summed E-state index contributed by atoms with van der Waals surface area (Å²) < 4.78 is 5.64. The molecule has 3 rings (SSSR count). The number of rotatable bonds is 4. The Kier molecular flexibility index (Phi) is 4.16. The van der Waals surface area contributed by atoms with Crippen molar-refractivity contribution in [3.63, 3.8) is 0 Å². The van der Waals surface area contributed by atoms with E-state index < -0.39 is 11.0 Å². The molecule has 1 aromatic carbocycles. The fourth-order valence-electron chi connectivity index (χ4n) is 2.58. The summed E-state index contributed by atoms with van der Waals surface area (Å²) in [6, 6.07) is 10.5. The molecule has 2 aromatic rings. The second kappa shape index (κ2) is 6.27. The first-order chi connectivity index (χ1) is 11.5. The standard InChI is InChI=1S/C17H17N3O4/c1-3-13-17(21)19(10-12-6-4-11(2)5-7-12)16-14(24-13)8-9-15(18-16)20(22)23/h4-9,13H,3,10H2,1-2H3. The van der Waals surface area contributed by atoms with Crippen LogP contribution in [0.2, 0.25) is 0 Å². The smallest absolute Gasteiger partial charge is 0.366 e. The summed E-state index contributed by atoms with van der Waals surface area (Å²) in [6.45, 7) is 4.13. The predicted octanol–water partition coefficient (Wildman–Crippen LogP) is 3.00. The van der Waals surface area contributed by atoms with Crippen molar-refractivity contribution < 1.29 is 14.5 Å². The number of amides is 1. The van der Waals surface area contributed by atoms with E-state index >= 15 is 0 Å². The lowest BCUT2D eigenvalue weighted by Crippen LogP contribution is -2.45. The Balaban J connectivity index is 2.02. The highest BCUT2D eigenvalue weighted by Gasteiger charge is 2.38. The molecule has 1 aliphatic rings. The van der Waals surface area contributed by atoms with Crippen LogP contribution < -0.4 is 9.64 Å². The van der Waals surface area contributed by atoms with E-state index in [4.69, 9.17) is 4.74 Å². The van der Waals surface area contributed by atoms with Crippen LogP contribution in [0.5, 0.6) is 5.75 Å². The van der Waals surface area contributed by atoms with E-state index in [1.807, 2.05) is 38.1 Å². The maximum atomic E-state index is 12.7. The molecule has 0 spiro atoms. The van der Waals surface area contributed by atoms with Gasteiger partial charge in [0.15, 0.2) is 11.9 Å². The minimum atomic E-state index is -0.605. The van der Waals surface area contributed by atoms with Crippen LogP contribution in [-0.4, -0.2) is 21.9 Å². The Morgan fingerprint density at radius 3 is 2.58 bits per heavy atom. The lowest BCUT2D eigenvalue weighted by Gasteiger charge is -2.30. The minimum Gasteiger partial charge on any atom is -0.474 e. The SMILES string of the molecule is CCC1Oc2ccc([N+](=O)[O-])nc2N(Cc2ccc(C)cc2)C1=O. The fraction of sp³-hybridized carbons (Fsp3) is 0.294. The van der Waals surface area contributed by atoms with Crippen molar-refractivity contribution in [2.45, 2.75) is 32.9 Å². The normalized spacial score (nSPS) is 16.5. The van der Waals surface area contributed by atoms with Gasteiger partial charge in [-0.15, -0.1) is 0 Å². The van der Waals surface area contributed by atoms with Crippen molar-refractivity contribution in [2.24, 2.45) is 0 Å². The molecule has 1 aromatic heterocycles. The second-order valence-corrected chi connectivity index (χ2v) is 5.67. The van der Waals surface area contributed by atoms with Crippen molar-refractivity contribution in [1.82, 2.24) is 4.98 Å². The topological polar surface area (TPSA) is 85.6 Å². The molecule has 2 heterocycles. The summed E-state index contributed by atoms with van der Waals surface area (Å²) >= 11 is 0. The maximum Gasteiger partial charge on any atom is 0.366 e. The van der Waals surface area contributed by atoms with Gasteiger partial charge in [-0.3, -0.25) is 9.69 Å². The molecule has 0 aliphatic carbocycles. The summed E-state index contributed by atoms with van der Waals surface area (Å²) in [6.07, 6.45) is -0.0918. The molecular weight excluding hydrogens is 310 g/mol. The molecule has 0 N–H and O–H groups in total. The molecule has 1 aliphatic heterocycles. The van der Waals surface area contributed by atoms with Crippen LogP contribution in [0.4, 0.5) is 11.6 Å². The molecule has 124 valence electrons. The zero-order chi connectivity index (χ0) is 17.3. The molecule has 0 radical (unpaired) electrons. The third kappa shape index (κ3) is 2.92. The van der Waals surface area contributed by atoms with Gasteiger partial charge in [-0.2, -0.15) is 0 Å². The van der Waals surface area contributed by atoms with Crippen molar-refractivity contribution in [3.8, 4) is 5.75 Å². The zero-order valence-electron chi connectivity index (χ0n) is 13.4. The lowest BCUT2D eigenvalue weighted by molar-refractivity contribution is -0.389. The molecule has 0 bridgehead atoms. The predicted molar refractivity (Wildman–Crippen MR) is 88.0 cm³/mol. The van der Waals surface area contributed by atoms with E-state index in [1.165, 1.54) is 17.0 Å². The van der Waals surface area contributed by atoms with Gasteiger partial charge in [-0.05, 0) is 34.9 Å². The molecule has 24 heavy (non-hydrogen) atoms. The van der Waals surface area contributed by atoms with Crippen molar-refractivity contribution >= 4 is 17.5 Å². The fourth-order valence-corrected chi connectivity index (χ4v) is 2.58. The number of carbonyl (C=O) groups excluding carboxylic acids is 1. The Bertz CT molecular complexity index is 789. The first-order valence-corrected chi connectivity index (χ1v) is 7.68. The van der Waals surface area contributed by atoms with Gasteiger partial charge in [0.25, 0.3) is 11.7 Å². The van der Waals surface area contributed by atoms with Gasteiger partial charge in [0.05, 0.1) is 6.54 Å². The number of anilines is 1. The van der Waals surface area contributed by atoms with Crippen LogP contribution in [0.3, 0.4) is 0 Å². The number of hydrogen-bond acceptors (Lipinski definition) is 5. The molecule has 1 amide bonds. The zero-order valence-corrected chi connectivity index (χ0v) is 13.4. The number of carbonyl (C=O) groups is 1. The number of aromatic nitrogens is 1. The van der Waals surface area contributed by atoms with E-state index in [9.17, 15) is 14.9 Å². The molecule has 7 heteroatoms. The lowest BCUT2D eigenvalue weighted by atomic mass is 10.1. The Morgan fingerprint density at radius 1 is 1.25 bits per heavy atom. The van der Waals surface area contributed by atoms with Gasteiger partial charge in [0, 0.05) is 6.07 Å². The van der Waals surface area contributed by atoms with Crippen molar-refractivity contribution in [2.75, 3.05) is 4.90 Å². The van der Waals surface area contributed by atoms with Gasteiger partial charge >= 0.3 is 5.82 Å². The minimum absolute atomic E-state index is 0.194. The van der Waals surface area contributed by atoms with Crippen LogP contribution in [0.15, 0.2) is 36.4 Å². The highest BCUT2D eigenvalue weighted by atomic mass is 16.6. The first-order valence-electron chi connectivity index (χ1n) is 7.68. The van der Waals surface area contributed by atoms with Crippen LogP contribution >= 0.6 is 0 Å². The van der Waals surface area contributed by atoms with Gasteiger partial charge in [0.1, 0.15) is 0 Å². The summed E-state index contributed by atoms with van der Waals surface area (Å²) in [4.78, 5) is 28.5. The molecule has 7 nitrogen and oxygen atoms in total. The number of nitrogens with zero attached hydrogens (tertiary/aromatic N) is 3. The molecule has 0 saturated carbocycles. The van der Waals surface area contributed by atoms with E-state index in [0.29, 0.717) is 18.7 Å². The van der Waals surface area contributed by atoms with Crippen LogP contribution in [0, 0.1) is 17.0 Å². The highest BCUT2D eigenvalue weighted by molar-refractivity contribution is 5.99. The number of hydrogen-bond donors (Lipinski definition) is 0. The largest absolute Gasteiger partial charge is 0.474 e. The van der Waals surface area contributed by atoms with Gasteiger partial charge in [0.2, 0.25) is 0 Å². The van der Waals surface area contributed by atoms with Crippen molar-refractivity contribution in [3.05, 3.63) is 57.6 Å². The van der Waals surface area contributed by atoms with E-state index in [-0.39, 0.29) is 17.5 Å². The highest BCUT2D eigenvalue weighted by Crippen LogP contribution is 2.35. The van der Waals surface area contributed by atoms with Crippen molar-refractivity contribution in [1.29, 1.82) is 0 Å². The van der Waals surface area contributed by atoms with Gasteiger partial charge in [-0.25, -0.2) is 0 Å². The molecule has 0 fully saturated rings. The molecule has 0 saturated heterocycles. The van der Waals surface area contributed by atoms with Gasteiger partial charge in [-0.1, -0.05) is 36.8 Å². The summed E-state index contributed by atoms with van der Waals surface area (Å²) in [5, 5.41) is 11.0. The van der Waals surface area contributed by atoms with Crippen LogP contribution in [0.1, 0.15) is 24.5 Å². The Labute approximate surface area is 139 Å². The van der Waals surface area contributed by atoms with E-state index in [2.05, 4.69) is 4.98 Å². The summed E-state index contributed by atoms with van der Waals surface area (Å²) in [5.41, 5.74) is 2.04.